The van der Waals surface area contributed by atoms with E-state index in [0.717, 1.165) is 6.26 Å². The molecule has 32 heavy (non-hydrogen) atoms. The third-order valence-electron chi connectivity index (χ3n) is 4.93. The van der Waals surface area contributed by atoms with Crippen LogP contribution in [0, 0.1) is 11.3 Å². The van der Waals surface area contributed by atoms with Crippen molar-refractivity contribution < 1.29 is 18.0 Å². The zero-order chi connectivity index (χ0) is 23.1. The normalized spacial score (nSPS) is 13.8. The molecular weight excluding hydrogens is 448 g/mol. The molecule has 8 nitrogen and oxygen atoms in total. The maximum Gasteiger partial charge on any atom is 0.275 e. The van der Waals surface area contributed by atoms with Crippen LogP contribution in [-0.4, -0.2) is 60.3 Å². The van der Waals surface area contributed by atoms with Gasteiger partial charge in [0.25, 0.3) is 5.91 Å². The molecule has 0 radical (unpaired) electrons. The van der Waals surface area contributed by atoms with Gasteiger partial charge < -0.3 is 0 Å². The zero-order valence-electron chi connectivity index (χ0n) is 17.7. The summed E-state index contributed by atoms with van der Waals surface area (Å²) in [6, 6.07) is 11.7. The summed E-state index contributed by atoms with van der Waals surface area (Å²) in [5.74, 6) is 0.172. The lowest BCUT2D eigenvalue weighted by Gasteiger charge is -2.28. The van der Waals surface area contributed by atoms with E-state index in [0.29, 0.717) is 54.3 Å². The lowest BCUT2D eigenvalue weighted by molar-refractivity contribution is -0.139. The Morgan fingerprint density at radius 1 is 1.16 bits per heavy atom. The van der Waals surface area contributed by atoms with Crippen molar-refractivity contribution >= 4 is 33.4 Å². The number of carbonyl (C=O) groups is 2. The SMILES string of the molecule is CS(=O)(=O)c1ccc(CC(=O)N2CCCN2C(=O)c2cccnc2SCCCC#N)cc1. The highest BCUT2D eigenvalue weighted by atomic mass is 32.2. The number of carbonyl (C=O) groups excluding carboxylic acids is 2. The monoisotopic (exact) mass is 472 g/mol. The molecule has 3 rings (SSSR count). The predicted octanol–water partition coefficient (Wildman–Crippen LogP) is 2.71. The van der Waals surface area contributed by atoms with Gasteiger partial charge in [0, 0.05) is 37.7 Å². The number of aromatic nitrogens is 1. The highest BCUT2D eigenvalue weighted by Crippen LogP contribution is 2.25. The Labute approximate surface area is 192 Å². The Balaban J connectivity index is 1.70. The molecular formula is C22H24N4O4S2. The van der Waals surface area contributed by atoms with Gasteiger partial charge in [0.05, 0.1) is 22.9 Å². The molecule has 2 heterocycles. The van der Waals surface area contributed by atoms with Crippen molar-refractivity contribution in [2.24, 2.45) is 0 Å². The first-order chi connectivity index (χ1) is 15.3. The minimum Gasteiger partial charge on any atom is -0.273 e. The van der Waals surface area contributed by atoms with Gasteiger partial charge in [-0.1, -0.05) is 12.1 Å². The lowest BCUT2D eigenvalue weighted by Crippen LogP contribution is -2.45. The maximum absolute atomic E-state index is 13.2. The van der Waals surface area contributed by atoms with Crippen molar-refractivity contribution in [1.29, 1.82) is 5.26 Å². The summed E-state index contributed by atoms with van der Waals surface area (Å²) in [5, 5.41) is 12.2. The van der Waals surface area contributed by atoms with E-state index in [4.69, 9.17) is 5.26 Å². The van der Waals surface area contributed by atoms with Crippen LogP contribution in [0.2, 0.25) is 0 Å². The van der Waals surface area contributed by atoms with Crippen molar-refractivity contribution in [3.8, 4) is 6.07 Å². The molecule has 0 saturated carbocycles. The molecule has 0 bridgehead atoms. The first kappa shape index (κ1) is 23.8. The number of unbranched alkanes of at least 4 members (excludes halogenated alkanes) is 1. The molecule has 2 aromatic rings. The van der Waals surface area contributed by atoms with Crippen molar-refractivity contribution in [3.63, 3.8) is 0 Å². The van der Waals surface area contributed by atoms with E-state index in [9.17, 15) is 18.0 Å². The number of benzene rings is 1. The fourth-order valence-corrected chi connectivity index (χ4v) is 4.89. The van der Waals surface area contributed by atoms with Gasteiger partial charge in [-0.15, -0.1) is 11.8 Å². The number of rotatable bonds is 8. The highest BCUT2D eigenvalue weighted by Gasteiger charge is 2.32. The van der Waals surface area contributed by atoms with Gasteiger partial charge in [-0.3, -0.25) is 14.6 Å². The molecule has 1 aromatic carbocycles. The maximum atomic E-state index is 13.2. The summed E-state index contributed by atoms with van der Waals surface area (Å²) >= 11 is 1.43. The van der Waals surface area contributed by atoms with E-state index in [-0.39, 0.29) is 23.1 Å². The molecule has 1 aliphatic heterocycles. The Hall–Kier alpha value is -2.90. The first-order valence-corrected chi connectivity index (χ1v) is 13.0. The fraction of sp³-hybridized carbons (Fsp3) is 0.364. The third kappa shape index (κ3) is 5.87. The van der Waals surface area contributed by atoms with Gasteiger partial charge in [-0.05, 0) is 42.7 Å². The summed E-state index contributed by atoms with van der Waals surface area (Å²) in [7, 11) is -3.30. The van der Waals surface area contributed by atoms with Crippen LogP contribution in [0.4, 0.5) is 0 Å². The molecule has 1 saturated heterocycles. The molecule has 1 aliphatic rings. The summed E-state index contributed by atoms with van der Waals surface area (Å²) in [4.78, 5) is 30.7. The van der Waals surface area contributed by atoms with E-state index < -0.39 is 9.84 Å². The Bertz CT molecular complexity index is 1130. The van der Waals surface area contributed by atoms with E-state index in [1.807, 2.05) is 0 Å². The molecule has 0 N–H and O–H groups in total. The fourth-order valence-electron chi connectivity index (χ4n) is 3.33. The summed E-state index contributed by atoms with van der Waals surface area (Å²) < 4.78 is 23.2. The number of sulfone groups is 1. The predicted molar refractivity (Wildman–Crippen MR) is 120 cm³/mol. The average Bonchev–Trinajstić information content (AvgIpc) is 3.26. The standard InChI is InChI=1S/C22H24N4O4S2/c1-32(29,30)18-9-7-17(8-10-18)16-20(27)25-13-5-14-26(25)22(28)19-6-4-12-24-21(19)31-15-3-2-11-23/h4,6-10,12H,2-3,5,13-16H2,1H3. The first-order valence-electron chi connectivity index (χ1n) is 10.2. The molecule has 0 atom stereocenters. The Morgan fingerprint density at radius 2 is 1.88 bits per heavy atom. The number of nitriles is 1. The van der Waals surface area contributed by atoms with Crippen molar-refractivity contribution in [3.05, 3.63) is 53.7 Å². The number of pyridine rings is 1. The van der Waals surface area contributed by atoms with E-state index >= 15 is 0 Å². The Kier molecular flexibility index (Phi) is 7.88. The topological polar surface area (TPSA) is 111 Å². The molecule has 1 aromatic heterocycles. The number of hydrazine groups is 1. The van der Waals surface area contributed by atoms with Gasteiger partial charge >= 0.3 is 0 Å². The zero-order valence-corrected chi connectivity index (χ0v) is 19.4. The van der Waals surface area contributed by atoms with Crippen LogP contribution in [0.3, 0.4) is 0 Å². The molecule has 10 heteroatoms. The average molecular weight is 473 g/mol. The van der Waals surface area contributed by atoms with E-state index in [1.54, 1.807) is 30.5 Å². The van der Waals surface area contributed by atoms with E-state index in [2.05, 4.69) is 11.1 Å². The summed E-state index contributed by atoms with van der Waals surface area (Å²) in [5.41, 5.74) is 1.11. The molecule has 2 amide bonds. The van der Waals surface area contributed by atoms with Gasteiger partial charge in [0.15, 0.2) is 9.84 Å². The van der Waals surface area contributed by atoms with Gasteiger partial charge in [0.1, 0.15) is 5.03 Å². The molecule has 0 spiro atoms. The van der Waals surface area contributed by atoms with Crippen LogP contribution in [0.15, 0.2) is 52.5 Å². The second kappa shape index (κ2) is 10.6. The van der Waals surface area contributed by atoms with E-state index in [1.165, 1.54) is 33.9 Å². The second-order valence-corrected chi connectivity index (χ2v) is 10.5. The van der Waals surface area contributed by atoms with Crippen molar-refractivity contribution in [2.45, 2.75) is 35.6 Å². The lowest BCUT2D eigenvalue weighted by atomic mass is 10.1. The minimum atomic E-state index is -3.30. The van der Waals surface area contributed by atoms with Crippen LogP contribution in [0.25, 0.3) is 0 Å². The number of amides is 2. The van der Waals surface area contributed by atoms with Crippen LogP contribution in [-0.2, 0) is 21.1 Å². The molecule has 0 aliphatic carbocycles. The van der Waals surface area contributed by atoms with Crippen LogP contribution in [0.5, 0.6) is 0 Å². The van der Waals surface area contributed by atoms with Gasteiger partial charge in [-0.2, -0.15) is 5.26 Å². The number of hydrogen-bond acceptors (Lipinski definition) is 7. The van der Waals surface area contributed by atoms with Crippen LogP contribution in [0.1, 0.15) is 35.2 Å². The van der Waals surface area contributed by atoms with Crippen LogP contribution < -0.4 is 0 Å². The minimum absolute atomic E-state index is 0.0661. The van der Waals surface area contributed by atoms with Gasteiger partial charge in [-0.25, -0.2) is 18.4 Å². The second-order valence-electron chi connectivity index (χ2n) is 7.36. The van der Waals surface area contributed by atoms with Gasteiger partial charge in [0.2, 0.25) is 5.91 Å². The number of thioether (sulfide) groups is 1. The van der Waals surface area contributed by atoms with Crippen molar-refractivity contribution in [2.75, 3.05) is 25.1 Å². The molecule has 168 valence electrons. The quantitative estimate of drug-likeness (QED) is 0.429. The Morgan fingerprint density at radius 3 is 2.56 bits per heavy atom. The highest BCUT2D eigenvalue weighted by molar-refractivity contribution is 7.99. The molecule has 1 fully saturated rings. The smallest absolute Gasteiger partial charge is 0.273 e. The van der Waals surface area contributed by atoms with Crippen molar-refractivity contribution in [1.82, 2.24) is 15.0 Å². The van der Waals surface area contributed by atoms with Crippen LogP contribution >= 0.6 is 11.8 Å². The third-order valence-corrected chi connectivity index (χ3v) is 7.15. The molecule has 0 unspecified atom stereocenters. The largest absolute Gasteiger partial charge is 0.275 e. The summed E-state index contributed by atoms with van der Waals surface area (Å²) in [6.45, 7) is 0.877. The number of hydrogen-bond donors (Lipinski definition) is 0. The number of nitrogens with zero attached hydrogens (tertiary/aromatic N) is 4. The summed E-state index contributed by atoms with van der Waals surface area (Å²) in [6.07, 6.45) is 4.65.